The fourth-order valence-electron chi connectivity index (χ4n) is 2.58. The molecule has 0 bridgehead atoms. The summed E-state index contributed by atoms with van der Waals surface area (Å²) >= 11 is 1.54. The van der Waals surface area contributed by atoms with E-state index in [0.717, 1.165) is 21.1 Å². The van der Waals surface area contributed by atoms with Gasteiger partial charge in [-0.05, 0) is 36.8 Å². The van der Waals surface area contributed by atoms with Crippen LogP contribution < -0.4 is 5.32 Å². The van der Waals surface area contributed by atoms with E-state index in [0.29, 0.717) is 12.2 Å². The topological polar surface area (TPSA) is 54.9 Å². The Balaban J connectivity index is 1.76. The number of thiazole rings is 1. The molecule has 0 saturated heterocycles. The van der Waals surface area contributed by atoms with Crippen LogP contribution in [0.5, 0.6) is 0 Å². The number of benzene rings is 1. The molecule has 0 spiro atoms. The van der Waals surface area contributed by atoms with Gasteiger partial charge in [0.1, 0.15) is 11.6 Å². The van der Waals surface area contributed by atoms with Crippen molar-refractivity contribution in [3.8, 4) is 10.4 Å². The largest absolute Gasteiger partial charge is 0.310 e. The van der Waals surface area contributed by atoms with Gasteiger partial charge in [0.15, 0.2) is 0 Å². The number of hydrogen-bond donors (Lipinski definition) is 1. The van der Waals surface area contributed by atoms with Crippen molar-refractivity contribution < 1.29 is 9.18 Å². The third-order valence-corrected chi connectivity index (χ3v) is 5.27. The first-order valence-electron chi connectivity index (χ1n) is 8.30. The van der Waals surface area contributed by atoms with Gasteiger partial charge in [-0.25, -0.2) is 14.4 Å². The Bertz CT molecular complexity index is 905. The summed E-state index contributed by atoms with van der Waals surface area (Å²) in [6.45, 7) is 5.71. The van der Waals surface area contributed by atoms with Crippen LogP contribution in [-0.2, 0) is 11.2 Å². The molecular weight excluding hydrogens is 349 g/mol. The van der Waals surface area contributed by atoms with Gasteiger partial charge in [-0.15, -0.1) is 11.3 Å². The maximum atomic E-state index is 13.1. The second-order valence-electron chi connectivity index (χ2n) is 6.76. The summed E-state index contributed by atoms with van der Waals surface area (Å²) in [6, 6.07) is 11.8. The van der Waals surface area contributed by atoms with Crippen molar-refractivity contribution in [2.75, 3.05) is 5.32 Å². The molecule has 134 valence electrons. The van der Waals surface area contributed by atoms with Crippen molar-refractivity contribution in [2.24, 2.45) is 5.41 Å². The number of hydrogen-bond acceptors (Lipinski definition) is 4. The summed E-state index contributed by atoms with van der Waals surface area (Å²) < 4.78 is 13.1. The molecule has 0 fully saturated rings. The summed E-state index contributed by atoms with van der Waals surface area (Å²) in [5.41, 5.74) is 1.18. The van der Waals surface area contributed by atoms with Crippen LogP contribution in [0.3, 0.4) is 0 Å². The first-order valence-corrected chi connectivity index (χ1v) is 9.11. The van der Waals surface area contributed by atoms with Crippen molar-refractivity contribution in [3.05, 3.63) is 65.2 Å². The van der Waals surface area contributed by atoms with Gasteiger partial charge in [0.25, 0.3) is 0 Å². The number of amides is 1. The lowest BCUT2D eigenvalue weighted by Crippen LogP contribution is -2.33. The number of anilines is 1. The minimum atomic E-state index is -0.637. The average Bonchev–Trinajstić information content (AvgIpc) is 2.96. The number of halogens is 1. The predicted molar refractivity (Wildman–Crippen MR) is 103 cm³/mol. The van der Waals surface area contributed by atoms with Crippen molar-refractivity contribution in [3.63, 3.8) is 0 Å². The Labute approximate surface area is 156 Å². The predicted octanol–water partition coefficient (Wildman–Crippen LogP) is 4.86. The lowest BCUT2D eigenvalue weighted by Gasteiger charge is -2.22. The number of carbonyl (C=O) groups is 1. The molecule has 0 saturated carbocycles. The van der Waals surface area contributed by atoms with Gasteiger partial charge in [0.05, 0.1) is 21.0 Å². The maximum Gasteiger partial charge on any atom is 0.231 e. The van der Waals surface area contributed by atoms with Crippen LogP contribution in [0.25, 0.3) is 10.4 Å². The molecule has 0 unspecified atom stereocenters. The van der Waals surface area contributed by atoms with E-state index in [9.17, 15) is 9.18 Å². The molecule has 0 aliphatic rings. The molecule has 2 aromatic heterocycles. The quantitative estimate of drug-likeness (QED) is 0.699. The van der Waals surface area contributed by atoms with Crippen molar-refractivity contribution in [2.45, 2.75) is 27.2 Å². The van der Waals surface area contributed by atoms with E-state index in [-0.39, 0.29) is 11.7 Å². The molecule has 1 N–H and O–H groups in total. The second kappa shape index (κ2) is 7.33. The highest BCUT2D eigenvalue weighted by Gasteiger charge is 2.30. The summed E-state index contributed by atoms with van der Waals surface area (Å²) in [6.07, 6.45) is 2.15. The molecule has 3 rings (SSSR count). The van der Waals surface area contributed by atoms with E-state index in [1.54, 1.807) is 30.5 Å². The lowest BCUT2D eigenvalue weighted by molar-refractivity contribution is -0.123. The van der Waals surface area contributed by atoms with Crippen LogP contribution in [0.2, 0.25) is 0 Å². The third kappa shape index (κ3) is 4.14. The van der Waals surface area contributed by atoms with Crippen molar-refractivity contribution in [1.82, 2.24) is 9.97 Å². The fourth-order valence-corrected chi connectivity index (χ4v) is 3.88. The molecule has 2 heterocycles. The molecule has 6 heteroatoms. The van der Waals surface area contributed by atoms with Gasteiger partial charge in [0, 0.05) is 12.6 Å². The highest BCUT2D eigenvalue weighted by molar-refractivity contribution is 7.15. The summed E-state index contributed by atoms with van der Waals surface area (Å²) in [5, 5.41) is 3.72. The second-order valence-corrected chi connectivity index (χ2v) is 7.84. The minimum Gasteiger partial charge on any atom is -0.310 e. The summed E-state index contributed by atoms with van der Waals surface area (Å²) in [7, 11) is 0. The van der Waals surface area contributed by atoms with Gasteiger partial charge < -0.3 is 5.32 Å². The van der Waals surface area contributed by atoms with E-state index in [1.807, 2.05) is 26.8 Å². The number of rotatable bonds is 5. The van der Waals surface area contributed by atoms with E-state index in [4.69, 9.17) is 0 Å². The zero-order chi connectivity index (χ0) is 18.7. The maximum absolute atomic E-state index is 13.1. The van der Waals surface area contributed by atoms with Gasteiger partial charge in [-0.1, -0.05) is 32.0 Å². The molecule has 0 aliphatic heterocycles. The zero-order valence-electron chi connectivity index (χ0n) is 14.9. The summed E-state index contributed by atoms with van der Waals surface area (Å²) in [5.74, 6) is 0.170. The average molecular weight is 369 g/mol. The Morgan fingerprint density at radius 3 is 2.58 bits per heavy atom. The zero-order valence-corrected chi connectivity index (χ0v) is 15.7. The van der Waals surface area contributed by atoms with E-state index in [2.05, 4.69) is 15.3 Å². The molecule has 0 atom stereocenters. The van der Waals surface area contributed by atoms with Crippen LogP contribution in [0.1, 0.15) is 24.5 Å². The molecule has 3 aromatic rings. The number of aromatic nitrogens is 2. The SMILES string of the molecule is Cc1nc(CC(C)(C)C(=O)Nc2ccccn2)sc1-c1ccc(F)cc1. The Morgan fingerprint density at radius 1 is 1.19 bits per heavy atom. The Kier molecular flexibility index (Phi) is 5.13. The molecule has 0 radical (unpaired) electrons. The van der Waals surface area contributed by atoms with Gasteiger partial charge in [-0.2, -0.15) is 0 Å². The number of carbonyl (C=O) groups excluding carboxylic acids is 1. The lowest BCUT2D eigenvalue weighted by atomic mass is 9.88. The van der Waals surface area contributed by atoms with Crippen LogP contribution in [-0.4, -0.2) is 15.9 Å². The van der Waals surface area contributed by atoms with E-state index in [1.165, 1.54) is 23.5 Å². The van der Waals surface area contributed by atoms with E-state index < -0.39 is 5.41 Å². The van der Waals surface area contributed by atoms with Crippen LogP contribution in [0.15, 0.2) is 48.7 Å². The number of nitrogens with one attached hydrogen (secondary N) is 1. The smallest absolute Gasteiger partial charge is 0.231 e. The molecule has 0 aliphatic carbocycles. The number of aryl methyl sites for hydroxylation is 1. The fraction of sp³-hybridized carbons (Fsp3) is 0.250. The van der Waals surface area contributed by atoms with Crippen LogP contribution in [0, 0.1) is 18.2 Å². The van der Waals surface area contributed by atoms with Gasteiger partial charge in [0.2, 0.25) is 5.91 Å². The molecule has 1 aromatic carbocycles. The van der Waals surface area contributed by atoms with Crippen LogP contribution >= 0.6 is 11.3 Å². The Hall–Kier alpha value is -2.60. The van der Waals surface area contributed by atoms with Crippen molar-refractivity contribution >= 4 is 23.1 Å². The highest BCUT2D eigenvalue weighted by atomic mass is 32.1. The van der Waals surface area contributed by atoms with Crippen molar-refractivity contribution in [1.29, 1.82) is 0 Å². The minimum absolute atomic E-state index is 0.104. The molecule has 1 amide bonds. The normalized spacial score (nSPS) is 11.4. The van der Waals surface area contributed by atoms with Gasteiger partial charge in [-0.3, -0.25) is 4.79 Å². The van der Waals surface area contributed by atoms with E-state index >= 15 is 0 Å². The van der Waals surface area contributed by atoms with Gasteiger partial charge >= 0.3 is 0 Å². The van der Waals surface area contributed by atoms with Crippen LogP contribution in [0.4, 0.5) is 10.2 Å². The monoisotopic (exact) mass is 369 g/mol. The molecule has 4 nitrogen and oxygen atoms in total. The first-order chi connectivity index (χ1) is 12.3. The first kappa shape index (κ1) is 18.2. The highest BCUT2D eigenvalue weighted by Crippen LogP contribution is 2.33. The summed E-state index contributed by atoms with van der Waals surface area (Å²) in [4.78, 5) is 22.4. The third-order valence-electron chi connectivity index (χ3n) is 4.06. The molecule has 26 heavy (non-hydrogen) atoms. The number of pyridine rings is 1. The standard InChI is InChI=1S/C20H20FN3OS/c1-13-18(14-7-9-15(21)10-8-14)26-17(23-13)12-20(2,3)19(25)24-16-6-4-5-11-22-16/h4-11H,12H2,1-3H3,(H,22,24,25). The Morgan fingerprint density at radius 2 is 1.92 bits per heavy atom. The number of nitrogens with zero attached hydrogens (tertiary/aromatic N) is 2. The molecular formula is C20H20FN3OS.